The summed E-state index contributed by atoms with van der Waals surface area (Å²) in [6.45, 7) is 2.35. The smallest absolute Gasteiger partial charge is 0.253 e. The number of benzene rings is 2. The Morgan fingerprint density at radius 3 is 1.36 bits per heavy atom. The highest BCUT2D eigenvalue weighted by molar-refractivity contribution is 6.07. The summed E-state index contributed by atoms with van der Waals surface area (Å²) in [6, 6.07) is 22.6. The molecule has 50 heavy (non-hydrogen) atoms. The quantitative estimate of drug-likeness (QED) is 0.227. The molecular weight excluding hydrogens is 619 g/mol. The van der Waals surface area contributed by atoms with Crippen molar-refractivity contribution in [2.75, 3.05) is 13.1 Å². The maximum absolute atomic E-state index is 13.5. The van der Waals surface area contributed by atoms with E-state index in [1.165, 1.54) is 51.6 Å². The molecule has 4 atom stereocenters. The lowest BCUT2D eigenvalue weighted by Gasteiger charge is -2.32. The van der Waals surface area contributed by atoms with Crippen molar-refractivity contribution in [1.29, 1.82) is 0 Å². The van der Waals surface area contributed by atoms with Crippen LogP contribution in [-0.4, -0.2) is 51.8 Å². The molecule has 1 aromatic heterocycles. The van der Waals surface area contributed by atoms with Crippen molar-refractivity contribution < 1.29 is 9.59 Å². The predicted octanol–water partition coefficient (Wildman–Crippen LogP) is 8.22. The monoisotopic (exact) mass is 671 g/mol. The number of nitrogens with zero attached hydrogens (tertiary/aromatic N) is 3. The molecule has 0 radical (unpaired) electrons. The van der Waals surface area contributed by atoms with Crippen LogP contribution in [0.1, 0.15) is 157 Å². The summed E-state index contributed by atoms with van der Waals surface area (Å²) in [5, 5.41) is 6.56. The predicted molar refractivity (Wildman–Crippen MR) is 196 cm³/mol. The van der Waals surface area contributed by atoms with Gasteiger partial charge in [0, 0.05) is 48.6 Å². The van der Waals surface area contributed by atoms with Crippen molar-refractivity contribution in [1.82, 2.24) is 25.4 Å². The van der Waals surface area contributed by atoms with E-state index in [1.807, 2.05) is 0 Å². The molecule has 9 rings (SSSR count). The van der Waals surface area contributed by atoms with Crippen LogP contribution in [0.3, 0.4) is 0 Å². The minimum Gasteiger partial charge on any atom is -0.349 e. The number of nitrogens with one attached hydrogen (secondary N) is 2. The normalized spacial score (nSPS) is 31.4. The summed E-state index contributed by atoms with van der Waals surface area (Å²) >= 11 is 0. The number of amides is 2. The molecule has 4 bridgehead atoms. The Bertz CT molecular complexity index is 1520. The number of rotatable bonds is 10. The topological polar surface area (TPSA) is 77.6 Å². The number of pyridine rings is 1. The van der Waals surface area contributed by atoms with Crippen LogP contribution in [-0.2, 0) is 0 Å². The fourth-order valence-electron chi connectivity index (χ4n) is 11.1. The number of hydrogen-bond acceptors (Lipinski definition) is 5. The largest absolute Gasteiger partial charge is 0.349 e. The molecule has 3 aromatic rings. The van der Waals surface area contributed by atoms with Crippen molar-refractivity contribution in [3.63, 3.8) is 0 Å². The molecule has 2 saturated carbocycles. The summed E-state index contributed by atoms with van der Waals surface area (Å²) < 4.78 is 0. The van der Waals surface area contributed by atoms with Crippen LogP contribution in [0.15, 0.2) is 67.0 Å². The number of carbonyl (C=O) groups is 2. The first-order valence-electron chi connectivity index (χ1n) is 19.9. The van der Waals surface area contributed by atoms with Crippen molar-refractivity contribution in [2.24, 2.45) is 11.8 Å². The minimum atomic E-state index is -0.167. The van der Waals surface area contributed by atoms with Crippen molar-refractivity contribution >= 4 is 11.8 Å². The van der Waals surface area contributed by atoms with Gasteiger partial charge in [0.25, 0.3) is 11.8 Å². The fraction of sp³-hybridized carbons (Fsp3) is 0.558. The maximum Gasteiger partial charge on any atom is 0.253 e. The van der Waals surface area contributed by atoms with Gasteiger partial charge in [0.15, 0.2) is 0 Å². The van der Waals surface area contributed by atoms with Crippen molar-refractivity contribution in [3.8, 4) is 0 Å². The molecule has 5 heterocycles. The molecule has 0 unspecified atom stereocenters. The van der Waals surface area contributed by atoms with Crippen LogP contribution < -0.4 is 10.6 Å². The van der Waals surface area contributed by atoms with Gasteiger partial charge in [-0.25, -0.2) is 0 Å². The third-order valence-corrected chi connectivity index (χ3v) is 13.7. The van der Waals surface area contributed by atoms with E-state index in [4.69, 9.17) is 0 Å². The lowest BCUT2D eigenvalue weighted by Crippen LogP contribution is -2.41. The zero-order chi connectivity index (χ0) is 33.6. The Morgan fingerprint density at radius 2 is 0.940 bits per heavy atom. The number of carbonyl (C=O) groups excluding carboxylic acids is 2. The highest BCUT2D eigenvalue weighted by Crippen LogP contribution is 2.54. The Morgan fingerprint density at radius 1 is 0.540 bits per heavy atom. The van der Waals surface area contributed by atoms with Gasteiger partial charge in [-0.2, -0.15) is 0 Å². The molecule has 2 N–H and O–H groups in total. The van der Waals surface area contributed by atoms with Gasteiger partial charge in [-0.1, -0.05) is 48.5 Å². The second-order valence-electron chi connectivity index (χ2n) is 16.3. The van der Waals surface area contributed by atoms with Crippen LogP contribution in [0.4, 0.5) is 0 Å². The van der Waals surface area contributed by atoms with E-state index in [1.54, 1.807) is 40.7 Å². The van der Waals surface area contributed by atoms with Gasteiger partial charge in [0.2, 0.25) is 0 Å². The van der Waals surface area contributed by atoms with Gasteiger partial charge >= 0.3 is 0 Å². The van der Waals surface area contributed by atoms with E-state index < -0.39 is 0 Å². The maximum atomic E-state index is 13.5. The third kappa shape index (κ3) is 6.08. The molecular formula is C43H53N5O2. The Labute approximate surface area is 297 Å². The molecule has 2 amide bonds. The average Bonchev–Trinajstić information content (AvgIpc) is 3.92. The van der Waals surface area contributed by atoms with E-state index in [2.05, 4.69) is 73.9 Å². The molecule has 7 heteroatoms. The van der Waals surface area contributed by atoms with Crippen LogP contribution in [0.2, 0.25) is 0 Å². The minimum absolute atomic E-state index is 0.144. The van der Waals surface area contributed by atoms with Crippen molar-refractivity contribution in [3.05, 3.63) is 100 Å². The summed E-state index contributed by atoms with van der Waals surface area (Å²) in [7, 11) is 0. The standard InChI is InChI=1S/C43H53N5O2/c49-42(45-30-13-9-28(10-14-30)22-25-47-38-17-18-39(47)33-6-2-1-5-32(33)38)36-21-24-44-27-37(36)43(50)46-31-15-11-29(12-16-31)23-26-48-40-19-20-41(48)35-8-4-3-7-34(35)40/h1-8,21,24,27-31,38-41H,9-20,22-23,25-26H2,(H,45,49)(H,46,50)/t28?,29?,30?,31?,38-,39+,40-,41+. The SMILES string of the molecule is O=C(NC1CCC(CCN2[C@@H]3CC[C@H]2c2ccccc23)CC1)c1ccncc1C(=O)NC1CCC(CCN2[C@@H]3CC[C@H]2c2ccccc23)CC1. The molecule has 2 saturated heterocycles. The molecule has 4 fully saturated rings. The highest BCUT2D eigenvalue weighted by atomic mass is 16.2. The summed E-state index contributed by atoms with van der Waals surface area (Å²) in [4.78, 5) is 36.8. The summed E-state index contributed by atoms with van der Waals surface area (Å²) in [5.74, 6) is 1.12. The molecule has 0 spiro atoms. The van der Waals surface area contributed by atoms with Crippen LogP contribution in [0.5, 0.6) is 0 Å². The zero-order valence-electron chi connectivity index (χ0n) is 29.4. The molecule has 2 aliphatic carbocycles. The van der Waals surface area contributed by atoms with E-state index in [-0.39, 0.29) is 23.9 Å². The van der Waals surface area contributed by atoms with E-state index in [0.717, 1.165) is 57.3 Å². The number of hydrogen-bond donors (Lipinski definition) is 2. The Kier molecular flexibility index (Phi) is 8.98. The van der Waals surface area contributed by atoms with Crippen LogP contribution in [0, 0.1) is 11.8 Å². The third-order valence-electron chi connectivity index (χ3n) is 13.7. The first-order chi connectivity index (χ1) is 24.6. The average molecular weight is 672 g/mol. The van der Waals surface area contributed by atoms with Gasteiger partial charge in [-0.05, 0) is 143 Å². The Balaban J connectivity index is 0.717. The van der Waals surface area contributed by atoms with Gasteiger partial charge in [0.05, 0.1) is 11.1 Å². The van der Waals surface area contributed by atoms with Crippen LogP contribution >= 0.6 is 0 Å². The van der Waals surface area contributed by atoms with E-state index in [0.29, 0.717) is 41.2 Å². The number of aromatic nitrogens is 1. The summed E-state index contributed by atoms with van der Waals surface area (Å²) in [5.41, 5.74) is 7.09. The fourth-order valence-corrected chi connectivity index (χ4v) is 11.1. The highest BCUT2D eigenvalue weighted by Gasteiger charge is 2.44. The first kappa shape index (κ1) is 32.4. The van der Waals surface area contributed by atoms with E-state index in [9.17, 15) is 9.59 Å². The molecule has 6 aliphatic rings. The molecule has 2 aromatic carbocycles. The molecule has 4 aliphatic heterocycles. The lowest BCUT2D eigenvalue weighted by molar-refractivity contribution is 0.0883. The zero-order valence-corrected chi connectivity index (χ0v) is 29.4. The van der Waals surface area contributed by atoms with Gasteiger partial charge in [-0.15, -0.1) is 0 Å². The first-order valence-corrected chi connectivity index (χ1v) is 19.9. The molecule has 262 valence electrons. The van der Waals surface area contributed by atoms with E-state index >= 15 is 0 Å². The van der Waals surface area contributed by atoms with Gasteiger partial charge in [0.1, 0.15) is 0 Å². The lowest BCUT2D eigenvalue weighted by atomic mass is 9.83. The second kappa shape index (κ2) is 13.9. The van der Waals surface area contributed by atoms with Gasteiger partial charge in [-0.3, -0.25) is 24.4 Å². The van der Waals surface area contributed by atoms with Crippen molar-refractivity contribution in [2.45, 2.75) is 126 Å². The number of fused-ring (bicyclic) bond motifs is 10. The van der Waals surface area contributed by atoms with Gasteiger partial charge < -0.3 is 10.6 Å². The summed E-state index contributed by atoms with van der Waals surface area (Å²) in [6.07, 6.45) is 19.5. The van der Waals surface area contributed by atoms with Crippen LogP contribution in [0.25, 0.3) is 0 Å². The molecule has 7 nitrogen and oxygen atoms in total. The second-order valence-corrected chi connectivity index (χ2v) is 16.3. The Hall–Kier alpha value is -3.55.